The predicted molar refractivity (Wildman–Crippen MR) is 89.3 cm³/mol. The number of phosphoric ester groups is 1. The van der Waals surface area contributed by atoms with E-state index in [0.29, 0.717) is 12.8 Å². The number of H-pyrrole nitrogens is 1. The van der Waals surface area contributed by atoms with E-state index in [-0.39, 0.29) is 24.1 Å². The van der Waals surface area contributed by atoms with E-state index < -0.39 is 31.4 Å². The van der Waals surface area contributed by atoms with Gasteiger partial charge in [-0.25, -0.2) is 9.36 Å². The van der Waals surface area contributed by atoms with Crippen molar-refractivity contribution in [1.29, 1.82) is 0 Å². The van der Waals surface area contributed by atoms with Crippen LogP contribution in [-0.2, 0) is 23.1 Å². The van der Waals surface area contributed by atoms with Gasteiger partial charge in [0.2, 0.25) is 0 Å². The Morgan fingerprint density at radius 2 is 2.24 bits per heavy atom. The molecule has 140 valence electrons. The molecule has 0 saturated carbocycles. The number of hydrogen-bond acceptors (Lipinski definition) is 8. The first-order chi connectivity index (χ1) is 11.8. The van der Waals surface area contributed by atoms with Crippen LogP contribution in [0.2, 0.25) is 0 Å². The highest BCUT2D eigenvalue weighted by Crippen LogP contribution is 2.44. The molecule has 0 bridgehead atoms. The molecule has 0 aliphatic carbocycles. The number of rotatable bonds is 8. The number of nitrogens with one attached hydrogen (secondary N) is 1. The number of phosphoric acid groups is 1. The van der Waals surface area contributed by atoms with Crippen molar-refractivity contribution in [2.75, 3.05) is 19.0 Å². The fraction of sp³-hybridized carbons (Fsp3) is 0.615. The minimum atomic E-state index is -4.23. The van der Waals surface area contributed by atoms with Gasteiger partial charge in [0.05, 0.1) is 19.3 Å². The lowest BCUT2D eigenvalue weighted by Gasteiger charge is -2.17. The van der Waals surface area contributed by atoms with Crippen molar-refractivity contribution >= 4 is 24.7 Å². The molecule has 1 aliphatic heterocycles. The summed E-state index contributed by atoms with van der Waals surface area (Å²) in [5.41, 5.74) is -1.08. The van der Waals surface area contributed by atoms with E-state index in [1.807, 2.05) is 0 Å². The van der Waals surface area contributed by atoms with E-state index in [2.05, 4.69) is 4.98 Å². The van der Waals surface area contributed by atoms with Crippen LogP contribution in [0.1, 0.15) is 26.0 Å². The van der Waals surface area contributed by atoms with Gasteiger partial charge in [-0.2, -0.15) is 0 Å². The third-order valence-electron chi connectivity index (χ3n) is 3.31. The van der Waals surface area contributed by atoms with E-state index in [4.69, 9.17) is 13.8 Å². The van der Waals surface area contributed by atoms with Gasteiger partial charge in [-0.1, -0.05) is 11.8 Å². The maximum absolute atomic E-state index is 11.7. The molecule has 1 aliphatic rings. The molecule has 2 heterocycles. The second kappa shape index (κ2) is 8.93. The average molecular weight is 394 g/mol. The number of carbonyl (C=O) groups excluding carboxylic acids is 1. The van der Waals surface area contributed by atoms with Gasteiger partial charge in [-0.3, -0.25) is 28.2 Å². The first-order valence-corrected chi connectivity index (χ1v) is 9.97. The van der Waals surface area contributed by atoms with Crippen molar-refractivity contribution in [3.8, 4) is 0 Å². The summed E-state index contributed by atoms with van der Waals surface area (Å²) in [5.74, 6) is 0.250. The van der Waals surface area contributed by atoms with E-state index in [1.54, 1.807) is 0 Å². The number of aromatic nitrogens is 2. The third kappa shape index (κ3) is 6.53. The lowest BCUT2D eigenvalue weighted by molar-refractivity contribution is -0.109. The van der Waals surface area contributed by atoms with Crippen LogP contribution in [0.4, 0.5) is 0 Å². The average Bonchev–Trinajstić information content (AvgIpc) is 2.98. The SMILES string of the molecule is CC(=O)SCCOP(=O)(O)OC[C@@H]1CC[C@H](n2ccc(=O)[nH]c2=O)O1. The van der Waals surface area contributed by atoms with Gasteiger partial charge in [-0.15, -0.1) is 0 Å². The highest BCUT2D eigenvalue weighted by molar-refractivity contribution is 8.13. The standard InChI is InChI=1S/C13H19N2O8PS/c1-9(16)25-7-6-21-24(19,20)22-8-10-2-3-12(23-10)15-5-4-11(17)14-13(15)18/h4-5,10,12H,2-3,6-8H2,1H3,(H,19,20)(H,14,17,18)/t10-,12+/m0/s1. The quantitative estimate of drug-likeness (QED) is 0.480. The van der Waals surface area contributed by atoms with Crippen LogP contribution in [-0.4, -0.2) is 44.6 Å². The lowest BCUT2D eigenvalue weighted by atomic mass is 10.2. The van der Waals surface area contributed by atoms with Crippen molar-refractivity contribution in [2.45, 2.75) is 32.1 Å². The maximum Gasteiger partial charge on any atom is 0.472 e. The molecule has 1 saturated heterocycles. The third-order valence-corrected chi connectivity index (χ3v) is 5.07. The number of ether oxygens (including phenoxy) is 1. The highest BCUT2D eigenvalue weighted by atomic mass is 32.2. The second-order valence-electron chi connectivity index (χ2n) is 5.25. The molecule has 12 heteroatoms. The zero-order valence-electron chi connectivity index (χ0n) is 13.5. The zero-order chi connectivity index (χ0) is 18.4. The molecule has 2 N–H and O–H groups in total. The van der Waals surface area contributed by atoms with Crippen LogP contribution < -0.4 is 11.2 Å². The summed E-state index contributed by atoms with van der Waals surface area (Å²) in [6.45, 7) is 1.11. The Labute approximate surface area is 147 Å². The van der Waals surface area contributed by atoms with E-state index >= 15 is 0 Å². The van der Waals surface area contributed by atoms with Crippen molar-refractivity contribution in [3.05, 3.63) is 33.1 Å². The van der Waals surface area contributed by atoms with Crippen LogP contribution in [0.3, 0.4) is 0 Å². The van der Waals surface area contributed by atoms with Gasteiger partial charge in [-0.05, 0) is 12.8 Å². The maximum atomic E-state index is 11.7. The number of hydrogen-bond donors (Lipinski definition) is 2. The van der Waals surface area contributed by atoms with Gasteiger partial charge >= 0.3 is 13.5 Å². The molecule has 1 aromatic rings. The molecular weight excluding hydrogens is 375 g/mol. The Hall–Kier alpha value is -1.23. The smallest absolute Gasteiger partial charge is 0.352 e. The fourth-order valence-corrected chi connectivity index (χ4v) is 3.55. The summed E-state index contributed by atoms with van der Waals surface area (Å²) in [7, 11) is -4.23. The largest absolute Gasteiger partial charge is 0.472 e. The molecular formula is C13H19N2O8PS. The van der Waals surface area contributed by atoms with Crippen molar-refractivity contribution < 1.29 is 28.0 Å². The second-order valence-corrected chi connectivity index (χ2v) is 7.97. The van der Waals surface area contributed by atoms with E-state index in [0.717, 1.165) is 11.8 Å². The number of carbonyl (C=O) groups is 1. The Balaban J connectivity index is 1.78. The summed E-state index contributed by atoms with van der Waals surface area (Å²) in [6.07, 6.45) is 1.27. The van der Waals surface area contributed by atoms with Gasteiger partial charge < -0.3 is 9.63 Å². The molecule has 25 heavy (non-hydrogen) atoms. The molecule has 3 atom stereocenters. The lowest BCUT2D eigenvalue weighted by Crippen LogP contribution is -2.31. The summed E-state index contributed by atoms with van der Waals surface area (Å²) in [4.78, 5) is 45.2. The van der Waals surface area contributed by atoms with Crippen LogP contribution >= 0.6 is 19.6 Å². The minimum absolute atomic E-state index is 0.0983. The van der Waals surface area contributed by atoms with Crippen LogP contribution in [0, 0.1) is 0 Å². The Bertz CT molecular complexity index is 763. The molecule has 1 unspecified atom stereocenters. The molecule has 0 spiro atoms. The molecule has 10 nitrogen and oxygen atoms in total. The van der Waals surface area contributed by atoms with Gasteiger partial charge in [0.25, 0.3) is 5.56 Å². The van der Waals surface area contributed by atoms with Crippen LogP contribution in [0.25, 0.3) is 0 Å². The predicted octanol–water partition coefficient (Wildman–Crippen LogP) is 0.627. The van der Waals surface area contributed by atoms with Gasteiger partial charge in [0.1, 0.15) is 6.23 Å². The fourth-order valence-electron chi connectivity index (χ4n) is 2.22. The zero-order valence-corrected chi connectivity index (χ0v) is 15.2. The van der Waals surface area contributed by atoms with E-state index in [1.165, 1.54) is 23.8 Å². The first-order valence-electron chi connectivity index (χ1n) is 7.49. The van der Waals surface area contributed by atoms with Crippen LogP contribution in [0.5, 0.6) is 0 Å². The number of aromatic amines is 1. The monoisotopic (exact) mass is 394 g/mol. The molecule has 1 fully saturated rings. The highest BCUT2D eigenvalue weighted by Gasteiger charge is 2.30. The van der Waals surface area contributed by atoms with Crippen molar-refractivity contribution in [1.82, 2.24) is 9.55 Å². The molecule has 0 aromatic carbocycles. The molecule has 2 rings (SSSR count). The Morgan fingerprint density at radius 3 is 2.92 bits per heavy atom. The molecule has 0 amide bonds. The summed E-state index contributed by atoms with van der Waals surface area (Å²) in [5, 5.41) is -0.111. The van der Waals surface area contributed by atoms with Crippen molar-refractivity contribution in [3.63, 3.8) is 0 Å². The van der Waals surface area contributed by atoms with E-state index in [9.17, 15) is 23.8 Å². The summed E-state index contributed by atoms with van der Waals surface area (Å²) in [6, 6.07) is 1.21. The summed E-state index contributed by atoms with van der Waals surface area (Å²) >= 11 is 0.982. The van der Waals surface area contributed by atoms with Gasteiger partial charge in [0, 0.05) is 24.9 Å². The number of nitrogens with zero attached hydrogens (tertiary/aromatic N) is 1. The van der Waals surface area contributed by atoms with Crippen molar-refractivity contribution in [2.24, 2.45) is 0 Å². The van der Waals surface area contributed by atoms with Crippen LogP contribution in [0.15, 0.2) is 21.9 Å². The minimum Gasteiger partial charge on any atom is -0.352 e. The normalized spacial score (nSPS) is 22.6. The topological polar surface area (TPSA) is 137 Å². The number of thioether (sulfide) groups is 1. The van der Waals surface area contributed by atoms with Gasteiger partial charge in [0.15, 0.2) is 5.12 Å². The first kappa shape index (κ1) is 20.1. The Kier molecular flexibility index (Phi) is 7.17. The Morgan fingerprint density at radius 1 is 1.48 bits per heavy atom. The molecule has 1 aromatic heterocycles. The summed E-state index contributed by atoms with van der Waals surface area (Å²) < 4.78 is 28.2. The molecule has 0 radical (unpaired) electrons.